The Morgan fingerprint density at radius 2 is 1.56 bits per heavy atom. The Kier molecular flexibility index (Phi) is 7.56. The second kappa shape index (κ2) is 9.01. The Balaban J connectivity index is 3.16. The van der Waals surface area contributed by atoms with E-state index in [-0.39, 0.29) is 24.6 Å². The first kappa shape index (κ1) is 22.7. The summed E-state index contributed by atoms with van der Waals surface area (Å²) in [5.74, 6) is 0.552. The molecule has 1 rings (SSSR count). The molecule has 0 saturated carbocycles. The van der Waals surface area contributed by atoms with Crippen LogP contribution in [0.5, 0.6) is 0 Å². The normalized spacial score (nSPS) is 11.5. The van der Waals surface area contributed by atoms with Crippen molar-refractivity contribution in [1.29, 1.82) is 5.26 Å². The maximum atomic E-state index is 11.6. The van der Waals surface area contributed by atoms with Crippen LogP contribution in [0.2, 0.25) is 0 Å². The van der Waals surface area contributed by atoms with Gasteiger partial charge in [0.15, 0.2) is 19.7 Å². The van der Waals surface area contributed by atoms with Gasteiger partial charge in [0.05, 0.1) is 17.1 Å². The largest absolute Gasteiger partial charge is 0.359 e. The molecule has 0 bridgehead atoms. The number of rotatable bonds is 10. The number of sulfone groups is 2. The summed E-state index contributed by atoms with van der Waals surface area (Å²) in [5.41, 5.74) is 0.999. The molecule has 10 heteroatoms. The third-order valence-corrected chi connectivity index (χ3v) is 6.50. The molecule has 0 aromatic carbocycles. The fourth-order valence-corrected chi connectivity index (χ4v) is 3.55. The second-order valence-electron chi connectivity index (χ2n) is 6.02. The molecule has 0 aliphatic carbocycles. The maximum Gasteiger partial charge on any atom is 0.172 e. The van der Waals surface area contributed by atoms with Gasteiger partial charge in [-0.05, 0) is 18.6 Å². The number of hydrogen-bond donors (Lipinski definition) is 0. The van der Waals surface area contributed by atoms with Crippen molar-refractivity contribution < 1.29 is 16.8 Å². The van der Waals surface area contributed by atoms with Crippen molar-refractivity contribution >= 4 is 31.3 Å². The fourth-order valence-electron chi connectivity index (χ4n) is 2.16. The SMILES string of the molecule is C=CS(=O)(=O)CCN(C)c1cc(C)c(C#N)c(N(C)CCS(=O)(=O)C=C)n1. The summed E-state index contributed by atoms with van der Waals surface area (Å²) in [6.45, 7) is 8.64. The summed E-state index contributed by atoms with van der Waals surface area (Å²) < 4.78 is 46.5. The van der Waals surface area contributed by atoms with Crippen LogP contribution in [0.15, 0.2) is 30.0 Å². The molecule has 0 amide bonds. The van der Waals surface area contributed by atoms with Crippen molar-refractivity contribution in [3.8, 4) is 6.07 Å². The average Bonchev–Trinajstić information content (AvgIpc) is 2.63. The van der Waals surface area contributed by atoms with Crippen molar-refractivity contribution in [3.05, 3.63) is 41.2 Å². The lowest BCUT2D eigenvalue weighted by molar-refractivity contribution is 0.602. The molecule has 27 heavy (non-hydrogen) atoms. The van der Waals surface area contributed by atoms with Crippen LogP contribution in [-0.4, -0.2) is 60.5 Å². The molecule has 0 N–H and O–H groups in total. The summed E-state index contributed by atoms with van der Waals surface area (Å²) in [6.07, 6.45) is 0. The van der Waals surface area contributed by atoms with Gasteiger partial charge in [0, 0.05) is 38.0 Å². The van der Waals surface area contributed by atoms with Crippen LogP contribution in [0, 0.1) is 18.3 Å². The third kappa shape index (κ3) is 6.37. The van der Waals surface area contributed by atoms with E-state index in [0.29, 0.717) is 22.8 Å². The average molecular weight is 413 g/mol. The van der Waals surface area contributed by atoms with Crippen LogP contribution in [0.3, 0.4) is 0 Å². The first-order chi connectivity index (χ1) is 12.5. The molecule has 148 valence electrons. The van der Waals surface area contributed by atoms with E-state index in [4.69, 9.17) is 0 Å². The Morgan fingerprint density at radius 3 is 2.00 bits per heavy atom. The van der Waals surface area contributed by atoms with Gasteiger partial charge in [0.1, 0.15) is 17.7 Å². The van der Waals surface area contributed by atoms with Crippen LogP contribution in [0.25, 0.3) is 0 Å². The summed E-state index contributed by atoms with van der Waals surface area (Å²) in [7, 11) is -3.39. The summed E-state index contributed by atoms with van der Waals surface area (Å²) in [5, 5.41) is 11.3. The molecule has 0 saturated heterocycles. The molecule has 0 atom stereocenters. The van der Waals surface area contributed by atoms with Crippen molar-refractivity contribution in [2.24, 2.45) is 0 Å². The first-order valence-corrected chi connectivity index (χ1v) is 11.4. The highest BCUT2D eigenvalue weighted by molar-refractivity contribution is 7.94. The number of nitriles is 1. The standard InChI is InChI=1S/C17H24N4O4S2/c1-6-26(22,23)10-8-20(4)16-12-14(3)15(13-18)17(19-16)21(5)9-11-27(24,25)7-2/h6-7,12H,1-2,8-11H2,3-5H3. The molecule has 0 aliphatic rings. The van der Waals surface area contributed by atoms with Crippen LogP contribution in [0.1, 0.15) is 11.1 Å². The molecule has 1 aromatic rings. The van der Waals surface area contributed by atoms with Crippen LogP contribution in [-0.2, 0) is 19.7 Å². The lowest BCUT2D eigenvalue weighted by atomic mass is 10.1. The van der Waals surface area contributed by atoms with Crippen molar-refractivity contribution in [2.45, 2.75) is 6.92 Å². The quantitative estimate of drug-likeness (QED) is 0.564. The molecular formula is C17H24N4O4S2. The summed E-state index contributed by atoms with van der Waals surface area (Å²) in [6, 6.07) is 3.78. The lowest BCUT2D eigenvalue weighted by Gasteiger charge is -2.24. The molecular weight excluding hydrogens is 388 g/mol. The zero-order valence-electron chi connectivity index (χ0n) is 15.7. The number of anilines is 2. The van der Waals surface area contributed by atoms with Crippen LogP contribution >= 0.6 is 0 Å². The Hall–Kier alpha value is -2.38. The van der Waals surface area contributed by atoms with Gasteiger partial charge < -0.3 is 9.80 Å². The molecule has 0 aliphatic heterocycles. The van der Waals surface area contributed by atoms with Gasteiger partial charge in [0.25, 0.3) is 0 Å². The van der Waals surface area contributed by atoms with Gasteiger partial charge in [-0.15, -0.1) is 0 Å². The Morgan fingerprint density at radius 1 is 1.07 bits per heavy atom. The van der Waals surface area contributed by atoms with Crippen molar-refractivity contribution in [2.75, 3.05) is 48.5 Å². The smallest absolute Gasteiger partial charge is 0.172 e. The zero-order chi connectivity index (χ0) is 20.8. The molecule has 0 fully saturated rings. The second-order valence-corrected chi connectivity index (χ2v) is 10.2. The van der Waals surface area contributed by atoms with E-state index in [1.807, 2.05) is 0 Å². The summed E-state index contributed by atoms with van der Waals surface area (Å²) >= 11 is 0. The highest BCUT2D eigenvalue weighted by Crippen LogP contribution is 2.25. The minimum absolute atomic E-state index is 0.115. The Bertz CT molecular complexity index is 963. The van der Waals surface area contributed by atoms with Gasteiger partial charge in [-0.2, -0.15) is 5.26 Å². The van der Waals surface area contributed by atoms with E-state index in [9.17, 15) is 22.1 Å². The van der Waals surface area contributed by atoms with Crippen LogP contribution < -0.4 is 9.80 Å². The molecule has 0 spiro atoms. The fraction of sp³-hybridized carbons (Fsp3) is 0.412. The van der Waals surface area contributed by atoms with E-state index in [0.717, 1.165) is 10.8 Å². The monoisotopic (exact) mass is 412 g/mol. The molecule has 1 heterocycles. The molecule has 0 radical (unpaired) electrons. The number of aromatic nitrogens is 1. The van der Waals surface area contributed by atoms with Gasteiger partial charge in [-0.1, -0.05) is 13.2 Å². The minimum Gasteiger partial charge on any atom is -0.359 e. The molecule has 8 nitrogen and oxygen atoms in total. The van der Waals surface area contributed by atoms with Gasteiger partial charge in [-0.3, -0.25) is 0 Å². The highest BCUT2D eigenvalue weighted by atomic mass is 32.2. The number of pyridine rings is 1. The van der Waals surface area contributed by atoms with Gasteiger partial charge in [0.2, 0.25) is 0 Å². The van der Waals surface area contributed by atoms with Gasteiger partial charge >= 0.3 is 0 Å². The lowest BCUT2D eigenvalue weighted by Crippen LogP contribution is -2.29. The highest BCUT2D eigenvalue weighted by Gasteiger charge is 2.18. The van der Waals surface area contributed by atoms with E-state index in [2.05, 4.69) is 24.2 Å². The predicted molar refractivity (Wildman–Crippen MR) is 108 cm³/mol. The van der Waals surface area contributed by atoms with E-state index < -0.39 is 19.7 Å². The number of hydrogen-bond acceptors (Lipinski definition) is 8. The van der Waals surface area contributed by atoms with E-state index in [1.165, 1.54) is 0 Å². The first-order valence-electron chi connectivity index (χ1n) is 8.00. The van der Waals surface area contributed by atoms with E-state index in [1.54, 1.807) is 36.9 Å². The van der Waals surface area contributed by atoms with Gasteiger partial charge in [-0.25, -0.2) is 21.8 Å². The zero-order valence-corrected chi connectivity index (χ0v) is 17.3. The predicted octanol–water partition coefficient (Wildman–Crippen LogP) is 1.25. The van der Waals surface area contributed by atoms with E-state index >= 15 is 0 Å². The van der Waals surface area contributed by atoms with Crippen molar-refractivity contribution in [1.82, 2.24) is 4.98 Å². The number of aryl methyl sites for hydroxylation is 1. The Labute approximate surface area is 161 Å². The molecule has 0 unspecified atom stereocenters. The van der Waals surface area contributed by atoms with Crippen molar-refractivity contribution in [3.63, 3.8) is 0 Å². The van der Waals surface area contributed by atoms with Crippen LogP contribution in [0.4, 0.5) is 11.6 Å². The summed E-state index contributed by atoms with van der Waals surface area (Å²) in [4.78, 5) is 7.69. The topological polar surface area (TPSA) is 111 Å². The maximum absolute atomic E-state index is 11.6. The third-order valence-electron chi connectivity index (χ3n) is 3.98. The number of nitrogens with zero attached hydrogens (tertiary/aromatic N) is 4. The molecule has 1 aromatic heterocycles. The minimum atomic E-state index is -3.38.